The molecule has 1 heterocycles. The van der Waals surface area contributed by atoms with E-state index in [2.05, 4.69) is 10.7 Å². The van der Waals surface area contributed by atoms with E-state index in [1.165, 1.54) is 0 Å². The van der Waals surface area contributed by atoms with Crippen molar-refractivity contribution in [3.8, 4) is 5.75 Å². The van der Waals surface area contributed by atoms with Crippen molar-refractivity contribution >= 4 is 17.8 Å². The van der Waals surface area contributed by atoms with Crippen LogP contribution in [0.5, 0.6) is 5.75 Å². The summed E-state index contributed by atoms with van der Waals surface area (Å²) in [6.07, 6.45) is 0. The molecule has 0 spiro atoms. The largest absolute Gasteiger partial charge is 0.497 e. The summed E-state index contributed by atoms with van der Waals surface area (Å²) in [6.45, 7) is 3.49. The molecule has 7 nitrogen and oxygen atoms in total. The van der Waals surface area contributed by atoms with Gasteiger partial charge >= 0.3 is 6.03 Å². The zero-order valence-corrected chi connectivity index (χ0v) is 14.7. The molecule has 0 aliphatic carbocycles. The minimum Gasteiger partial charge on any atom is -0.497 e. The molecule has 134 valence electrons. The first kappa shape index (κ1) is 17.5. The molecule has 26 heavy (non-hydrogen) atoms. The molecule has 0 unspecified atom stereocenters. The summed E-state index contributed by atoms with van der Waals surface area (Å²) in [5, 5.41) is 3.35. The summed E-state index contributed by atoms with van der Waals surface area (Å²) in [7, 11) is 1.54. The Morgan fingerprint density at radius 2 is 1.69 bits per heavy atom. The van der Waals surface area contributed by atoms with Crippen molar-refractivity contribution < 1.29 is 19.1 Å². The summed E-state index contributed by atoms with van der Waals surface area (Å²) in [4.78, 5) is 37.4. The first-order valence-electron chi connectivity index (χ1n) is 8.04. The second kappa shape index (κ2) is 6.51. The average Bonchev–Trinajstić information content (AvgIpc) is 2.86. The van der Waals surface area contributed by atoms with E-state index in [1.807, 2.05) is 6.92 Å². The number of carbonyl (C=O) groups is 3. The van der Waals surface area contributed by atoms with Crippen LogP contribution >= 0.6 is 0 Å². The number of hydrazine groups is 1. The van der Waals surface area contributed by atoms with E-state index in [0.29, 0.717) is 21.9 Å². The van der Waals surface area contributed by atoms with Crippen LogP contribution in [0.3, 0.4) is 0 Å². The molecule has 3 rings (SSSR count). The van der Waals surface area contributed by atoms with Gasteiger partial charge < -0.3 is 10.1 Å². The van der Waals surface area contributed by atoms with E-state index in [1.54, 1.807) is 62.6 Å². The van der Waals surface area contributed by atoms with Gasteiger partial charge in [0.15, 0.2) is 0 Å². The molecule has 0 aromatic heterocycles. The molecule has 1 fully saturated rings. The van der Waals surface area contributed by atoms with Gasteiger partial charge in [-0.05, 0) is 43.7 Å². The van der Waals surface area contributed by atoms with Crippen LogP contribution in [-0.2, 0) is 10.3 Å². The summed E-state index contributed by atoms with van der Waals surface area (Å²) in [6, 6.07) is 12.9. The number of methoxy groups -OCH3 is 1. The Morgan fingerprint density at radius 1 is 1.08 bits per heavy atom. The Balaban J connectivity index is 1.81. The number of nitrogens with zero attached hydrogens (tertiary/aromatic N) is 1. The smallest absolute Gasteiger partial charge is 0.344 e. The highest BCUT2D eigenvalue weighted by Gasteiger charge is 2.50. The molecule has 1 aliphatic heterocycles. The molecule has 2 aromatic carbocycles. The topological polar surface area (TPSA) is 87.7 Å². The van der Waals surface area contributed by atoms with Crippen molar-refractivity contribution in [2.45, 2.75) is 19.4 Å². The van der Waals surface area contributed by atoms with Gasteiger partial charge in [-0.1, -0.05) is 29.8 Å². The fourth-order valence-corrected chi connectivity index (χ4v) is 2.73. The van der Waals surface area contributed by atoms with Gasteiger partial charge in [0.25, 0.3) is 11.8 Å². The third kappa shape index (κ3) is 2.99. The lowest BCUT2D eigenvalue weighted by Gasteiger charge is -2.22. The van der Waals surface area contributed by atoms with Gasteiger partial charge in [-0.25, -0.2) is 4.79 Å². The van der Waals surface area contributed by atoms with E-state index in [-0.39, 0.29) is 0 Å². The normalized spacial score (nSPS) is 19.3. The van der Waals surface area contributed by atoms with Gasteiger partial charge in [-0.15, -0.1) is 0 Å². The molecule has 1 atom stereocenters. The lowest BCUT2D eigenvalue weighted by Crippen LogP contribution is -2.47. The second-order valence-corrected chi connectivity index (χ2v) is 6.23. The number of hydrogen-bond acceptors (Lipinski definition) is 4. The molecule has 0 radical (unpaired) electrons. The number of rotatable bonds is 4. The summed E-state index contributed by atoms with van der Waals surface area (Å²) in [5.41, 5.74) is 3.04. The van der Waals surface area contributed by atoms with Crippen LogP contribution in [0.15, 0.2) is 48.5 Å². The average molecular weight is 353 g/mol. The van der Waals surface area contributed by atoms with Gasteiger partial charge in [0, 0.05) is 5.56 Å². The van der Waals surface area contributed by atoms with Crippen LogP contribution in [0.1, 0.15) is 28.4 Å². The minimum absolute atomic E-state index is 0.356. The first-order valence-corrected chi connectivity index (χ1v) is 8.04. The predicted molar refractivity (Wildman–Crippen MR) is 94.4 cm³/mol. The Kier molecular flexibility index (Phi) is 4.38. The highest BCUT2D eigenvalue weighted by molar-refractivity contribution is 6.09. The Morgan fingerprint density at radius 3 is 2.27 bits per heavy atom. The van der Waals surface area contributed by atoms with E-state index in [4.69, 9.17) is 4.74 Å². The number of benzene rings is 2. The molecule has 2 aromatic rings. The second-order valence-electron chi connectivity index (χ2n) is 6.23. The molecule has 0 bridgehead atoms. The molecular formula is C19H19N3O4. The zero-order valence-electron chi connectivity index (χ0n) is 14.7. The number of hydrogen-bond donors (Lipinski definition) is 2. The van der Waals surface area contributed by atoms with Crippen LogP contribution in [0.4, 0.5) is 4.79 Å². The van der Waals surface area contributed by atoms with Gasteiger partial charge in [0.1, 0.15) is 11.3 Å². The highest BCUT2D eigenvalue weighted by atomic mass is 16.5. The van der Waals surface area contributed by atoms with Crippen LogP contribution in [0, 0.1) is 6.92 Å². The summed E-state index contributed by atoms with van der Waals surface area (Å²) < 4.78 is 5.10. The van der Waals surface area contributed by atoms with Crippen LogP contribution in [0.25, 0.3) is 0 Å². The molecule has 2 N–H and O–H groups in total. The van der Waals surface area contributed by atoms with Crippen LogP contribution in [-0.4, -0.2) is 30.0 Å². The SMILES string of the molecule is COc1ccc([C@]2(C)NC(=O)N(NC(=O)c3ccc(C)cc3)C2=O)cc1. The van der Waals surface area contributed by atoms with Crippen LogP contribution in [0.2, 0.25) is 0 Å². The number of amides is 4. The zero-order chi connectivity index (χ0) is 18.9. The summed E-state index contributed by atoms with van der Waals surface area (Å²) >= 11 is 0. The van der Waals surface area contributed by atoms with Gasteiger partial charge in [0.2, 0.25) is 0 Å². The van der Waals surface area contributed by atoms with Crippen LogP contribution < -0.4 is 15.5 Å². The Labute approximate surface area is 150 Å². The van der Waals surface area contributed by atoms with Crippen molar-refractivity contribution in [2.24, 2.45) is 0 Å². The third-order valence-electron chi connectivity index (χ3n) is 4.39. The number of imide groups is 1. The van der Waals surface area contributed by atoms with E-state index in [0.717, 1.165) is 5.56 Å². The Bertz CT molecular complexity index is 861. The fraction of sp³-hybridized carbons (Fsp3) is 0.211. The fourth-order valence-electron chi connectivity index (χ4n) is 2.73. The third-order valence-corrected chi connectivity index (χ3v) is 4.39. The molecule has 1 saturated heterocycles. The van der Waals surface area contributed by atoms with Crippen molar-refractivity contribution in [1.29, 1.82) is 0 Å². The van der Waals surface area contributed by atoms with Crippen molar-refractivity contribution in [2.75, 3.05) is 7.11 Å². The maximum atomic E-state index is 12.8. The minimum atomic E-state index is -1.27. The van der Waals surface area contributed by atoms with E-state index in [9.17, 15) is 14.4 Å². The van der Waals surface area contributed by atoms with Crippen molar-refractivity contribution in [3.05, 3.63) is 65.2 Å². The molecule has 4 amide bonds. The van der Waals surface area contributed by atoms with Gasteiger partial charge in [0.05, 0.1) is 7.11 Å². The van der Waals surface area contributed by atoms with Crippen molar-refractivity contribution in [3.63, 3.8) is 0 Å². The standard InChI is InChI=1S/C19H19N3O4/c1-12-4-6-13(7-5-12)16(23)21-22-17(24)19(2,20-18(22)25)14-8-10-15(26-3)11-9-14/h4-11H,1-3H3,(H,20,25)(H,21,23)/t19-/m0/s1. The molecule has 0 saturated carbocycles. The first-order chi connectivity index (χ1) is 12.3. The van der Waals surface area contributed by atoms with E-state index < -0.39 is 23.4 Å². The quantitative estimate of drug-likeness (QED) is 0.824. The molecule has 7 heteroatoms. The van der Waals surface area contributed by atoms with E-state index >= 15 is 0 Å². The number of aryl methyl sites for hydroxylation is 1. The summed E-state index contributed by atoms with van der Waals surface area (Å²) in [5.74, 6) is -0.459. The number of carbonyl (C=O) groups excluding carboxylic acids is 3. The molecular weight excluding hydrogens is 334 g/mol. The maximum Gasteiger partial charge on any atom is 0.344 e. The highest BCUT2D eigenvalue weighted by Crippen LogP contribution is 2.29. The maximum absolute atomic E-state index is 12.8. The number of ether oxygens (including phenoxy) is 1. The van der Waals surface area contributed by atoms with Crippen molar-refractivity contribution in [1.82, 2.24) is 15.8 Å². The van der Waals surface area contributed by atoms with Gasteiger partial charge in [-0.2, -0.15) is 5.01 Å². The predicted octanol–water partition coefficient (Wildman–Crippen LogP) is 2.12. The lowest BCUT2D eigenvalue weighted by atomic mass is 9.92. The number of urea groups is 1. The monoisotopic (exact) mass is 353 g/mol. The number of nitrogens with one attached hydrogen (secondary N) is 2. The molecule has 1 aliphatic rings. The van der Waals surface area contributed by atoms with Gasteiger partial charge in [-0.3, -0.25) is 15.0 Å². The lowest BCUT2D eigenvalue weighted by molar-refractivity contribution is -0.132. The Hall–Kier alpha value is -3.35.